The van der Waals surface area contributed by atoms with E-state index < -0.39 is 0 Å². The number of ether oxygens (including phenoxy) is 1. The lowest BCUT2D eigenvalue weighted by Crippen LogP contribution is -1.96. The first-order valence-corrected chi connectivity index (χ1v) is 7.36. The van der Waals surface area contributed by atoms with E-state index in [4.69, 9.17) is 22.8 Å². The molecule has 0 amide bonds. The Hall–Kier alpha value is -1.96. The van der Waals surface area contributed by atoms with Crippen molar-refractivity contribution in [1.29, 1.82) is 0 Å². The van der Waals surface area contributed by atoms with Crippen LogP contribution in [-0.4, -0.2) is 16.6 Å². The second kappa shape index (κ2) is 5.80. The monoisotopic (exact) mass is 360 g/mol. The van der Waals surface area contributed by atoms with E-state index in [0.29, 0.717) is 10.8 Å². The Labute approximate surface area is 135 Å². The fourth-order valence-electron chi connectivity index (χ4n) is 2.04. The van der Waals surface area contributed by atoms with Gasteiger partial charge in [0.05, 0.1) is 20.5 Å². The standard InChI is InChI=1S/C16H10BrClN2O/c1-2-7-21-15-11(17)8-10(9-12(15)18)16-19-13-5-3-4-6-14(13)20-16/h1,3-6,8-9H,7H2,(H,19,20). The summed E-state index contributed by atoms with van der Waals surface area (Å²) in [6.45, 7) is 0.169. The van der Waals surface area contributed by atoms with E-state index in [-0.39, 0.29) is 6.61 Å². The third kappa shape index (κ3) is 2.76. The van der Waals surface area contributed by atoms with E-state index in [2.05, 4.69) is 31.8 Å². The topological polar surface area (TPSA) is 37.9 Å². The molecule has 0 aliphatic rings. The summed E-state index contributed by atoms with van der Waals surface area (Å²) >= 11 is 9.70. The van der Waals surface area contributed by atoms with E-state index in [9.17, 15) is 0 Å². The summed E-state index contributed by atoms with van der Waals surface area (Å²) < 4.78 is 6.16. The van der Waals surface area contributed by atoms with Crippen molar-refractivity contribution in [2.24, 2.45) is 0 Å². The van der Waals surface area contributed by atoms with Gasteiger partial charge in [0.2, 0.25) is 0 Å². The molecule has 3 rings (SSSR count). The van der Waals surface area contributed by atoms with Crippen LogP contribution in [0.3, 0.4) is 0 Å². The van der Waals surface area contributed by atoms with Crippen molar-refractivity contribution in [2.75, 3.05) is 6.61 Å². The number of para-hydroxylation sites is 2. The predicted octanol–water partition coefficient (Wildman–Crippen LogP) is 4.66. The molecule has 0 fully saturated rings. The molecule has 21 heavy (non-hydrogen) atoms. The summed E-state index contributed by atoms with van der Waals surface area (Å²) in [5.74, 6) is 3.70. The number of terminal acetylenes is 1. The van der Waals surface area contributed by atoms with Gasteiger partial charge >= 0.3 is 0 Å². The quantitative estimate of drug-likeness (QED) is 0.689. The number of fused-ring (bicyclic) bond motifs is 1. The highest BCUT2D eigenvalue weighted by atomic mass is 79.9. The first-order valence-electron chi connectivity index (χ1n) is 6.19. The number of nitrogens with one attached hydrogen (secondary N) is 1. The van der Waals surface area contributed by atoms with Crippen molar-refractivity contribution in [1.82, 2.24) is 9.97 Å². The molecule has 0 aliphatic heterocycles. The summed E-state index contributed by atoms with van der Waals surface area (Å²) in [7, 11) is 0. The Kier molecular flexibility index (Phi) is 3.87. The summed E-state index contributed by atoms with van der Waals surface area (Å²) in [6, 6.07) is 11.5. The molecule has 0 unspecified atom stereocenters. The van der Waals surface area contributed by atoms with Gasteiger partial charge in [0, 0.05) is 5.56 Å². The van der Waals surface area contributed by atoms with Crippen LogP contribution in [0.2, 0.25) is 5.02 Å². The Balaban J connectivity index is 2.05. The molecule has 0 aliphatic carbocycles. The van der Waals surface area contributed by atoms with Gasteiger partial charge in [0.25, 0.3) is 0 Å². The van der Waals surface area contributed by atoms with Gasteiger partial charge < -0.3 is 9.72 Å². The fourth-order valence-corrected chi connectivity index (χ4v) is 3.00. The van der Waals surface area contributed by atoms with Crippen molar-refractivity contribution < 1.29 is 4.74 Å². The first kappa shape index (κ1) is 14.0. The smallest absolute Gasteiger partial charge is 0.153 e. The van der Waals surface area contributed by atoms with Crippen molar-refractivity contribution in [3.63, 3.8) is 0 Å². The minimum absolute atomic E-state index is 0.169. The van der Waals surface area contributed by atoms with Crippen LogP contribution in [0, 0.1) is 12.3 Å². The number of rotatable bonds is 3. The Morgan fingerprint density at radius 3 is 2.86 bits per heavy atom. The Morgan fingerprint density at radius 2 is 2.14 bits per heavy atom. The largest absolute Gasteiger partial charge is 0.478 e. The molecule has 0 atom stereocenters. The van der Waals surface area contributed by atoms with Gasteiger partial charge in [-0.25, -0.2) is 4.98 Å². The summed E-state index contributed by atoms with van der Waals surface area (Å²) in [6.07, 6.45) is 5.19. The molecule has 104 valence electrons. The molecular weight excluding hydrogens is 352 g/mol. The maximum Gasteiger partial charge on any atom is 0.153 e. The molecule has 3 aromatic rings. The highest BCUT2D eigenvalue weighted by Gasteiger charge is 2.12. The highest BCUT2D eigenvalue weighted by Crippen LogP contribution is 2.37. The van der Waals surface area contributed by atoms with Crippen LogP contribution < -0.4 is 4.74 Å². The minimum atomic E-state index is 0.169. The SMILES string of the molecule is C#CCOc1c(Cl)cc(-c2nc3ccccc3[nH]2)cc1Br. The molecule has 0 saturated carbocycles. The molecule has 2 aromatic carbocycles. The van der Waals surface area contributed by atoms with Gasteiger partial charge in [-0.05, 0) is 40.2 Å². The molecule has 0 bridgehead atoms. The summed E-state index contributed by atoms with van der Waals surface area (Å²) in [4.78, 5) is 7.81. The molecule has 1 heterocycles. The molecule has 0 radical (unpaired) electrons. The number of aromatic nitrogens is 2. The maximum absolute atomic E-state index is 6.25. The average Bonchev–Trinajstić information content (AvgIpc) is 2.90. The molecule has 5 heteroatoms. The van der Waals surface area contributed by atoms with E-state index in [1.807, 2.05) is 30.3 Å². The lowest BCUT2D eigenvalue weighted by molar-refractivity contribution is 0.368. The first-order chi connectivity index (χ1) is 10.2. The van der Waals surface area contributed by atoms with Crippen LogP contribution in [0.25, 0.3) is 22.4 Å². The lowest BCUT2D eigenvalue weighted by atomic mass is 10.2. The van der Waals surface area contributed by atoms with Gasteiger partial charge in [-0.15, -0.1) is 6.42 Å². The Morgan fingerprint density at radius 1 is 1.33 bits per heavy atom. The van der Waals surface area contributed by atoms with Crippen molar-refractivity contribution in [2.45, 2.75) is 0 Å². The van der Waals surface area contributed by atoms with Gasteiger partial charge in [0.1, 0.15) is 12.4 Å². The van der Waals surface area contributed by atoms with Crippen LogP contribution in [0.15, 0.2) is 40.9 Å². The molecule has 1 N–H and O–H groups in total. The minimum Gasteiger partial charge on any atom is -0.478 e. The average molecular weight is 362 g/mol. The normalized spacial score (nSPS) is 10.5. The van der Waals surface area contributed by atoms with E-state index >= 15 is 0 Å². The van der Waals surface area contributed by atoms with Crippen LogP contribution in [0.5, 0.6) is 5.75 Å². The zero-order valence-corrected chi connectivity index (χ0v) is 13.2. The van der Waals surface area contributed by atoms with Gasteiger partial charge in [-0.3, -0.25) is 0 Å². The van der Waals surface area contributed by atoms with Crippen LogP contribution in [0.4, 0.5) is 0 Å². The predicted molar refractivity (Wildman–Crippen MR) is 88.6 cm³/mol. The molecule has 3 nitrogen and oxygen atoms in total. The zero-order valence-electron chi connectivity index (χ0n) is 10.9. The summed E-state index contributed by atoms with van der Waals surface area (Å²) in [5, 5.41) is 0.482. The van der Waals surface area contributed by atoms with Gasteiger partial charge in [0.15, 0.2) is 5.75 Å². The molecule has 0 saturated heterocycles. The number of halogens is 2. The van der Waals surface area contributed by atoms with Crippen LogP contribution in [-0.2, 0) is 0 Å². The van der Waals surface area contributed by atoms with Crippen LogP contribution in [0.1, 0.15) is 0 Å². The van der Waals surface area contributed by atoms with E-state index in [0.717, 1.165) is 26.9 Å². The highest BCUT2D eigenvalue weighted by molar-refractivity contribution is 9.10. The number of benzene rings is 2. The maximum atomic E-state index is 6.25. The second-order valence-corrected chi connectivity index (χ2v) is 5.63. The molecule has 0 spiro atoms. The van der Waals surface area contributed by atoms with Crippen molar-refractivity contribution in [3.05, 3.63) is 45.9 Å². The number of H-pyrrole nitrogens is 1. The van der Waals surface area contributed by atoms with E-state index in [1.165, 1.54) is 0 Å². The van der Waals surface area contributed by atoms with Crippen molar-refractivity contribution >= 4 is 38.6 Å². The molecular formula is C16H10BrClN2O. The van der Waals surface area contributed by atoms with Crippen LogP contribution >= 0.6 is 27.5 Å². The fraction of sp³-hybridized carbons (Fsp3) is 0.0625. The third-order valence-electron chi connectivity index (χ3n) is 2.96. The van der Waals surface area contributed by atoms with Gasteiger partial charge in [-0.2, -0.15) is 0 Å². The third-order valence-corrected chi connectivity index (χ3v) is 3.83. The number of aromatic amines is 1. The van der Waals surface area contributed by atoms with Gasteiger partial charge in [-0.1, -0.05) is 29.7 Å². The number of hydrogen-bond donors (Lipinski definition) is 1. The summed E-state index contributed by atoms with van der Waals surface area (Å²) in [5.41, 5.74) is 2.76. The lowest BCUT2D eigenvalue weighted by Gasteiger charge is -2.09. The van der Waals surface area contributed by atoms with E-state index in [1.54, 1.807) is 6.07 Å². The second-order valence-electron chi connectivity index (χ2n) is 4.36. The number of hydrogen-bond acceptors (Lipinski definition) is 2. The molecule has 1 aromatic heterocycles. The zero-order chi connectivity index (χ0) is 14.8. The number of imidazole rings is 1. The number of nitrogens with zero attached hydrogens (tertiary/aromatic N) is 1. The van der Waals surface area contributed by atoms with Crippen molar-refractivity contribution in [3.8, 4) is 29.5 Å². The Bertz CT molecular complexity index is 795.